The van der Waals surface area contributed by atoms with Crippen molar-refractivity contribution in [1.82, 2.24) is 10.3 Å². The number of piperazine rings is 1. The Balaban J connectivity index is 2.09. The highest BCUT2D eigenvalue weighted by Crippen LogP contribution is 2.15. The normalized spacial score (nSPS) is 16.5. The highest BCUT2D eigenvalue weighted by molar-refractivity contribution is 5.41. The van der Waals surface area contributed by atoms with Crippen LogP contribution in [0.3, 0.4) is 0 Å². The van der Waals surface area contributed by atoms with E-state index < -0.39 is 0 Å². The molecule has 1 N–H and O–H groups in total. The Kier molecular flexibility index (Phi) is 3.40. The number of hydrogen-bond acceptors (Lipinski definition) is 4. The van der Waals surface area contributed by atoms with E-state index in [4.69, 9.17) is 4.74 Å². The molecule has 0 aromatic carbocycles. The van der Waals surface area contributed by atoms with Gasteiger partial charge in [-0.25, -0.2) is 0 Å². The van der Waals surface area contributed by atoms with Gasteiger partial charge in [0, 0.05) is 32.2 Å². The van der Waals surface area contributed by atoms with Gasteiger partial charge in [-0.15, -0.1) is 0 Å². The van der Waals surface area contributed by atoms with Crippen LogP contribution in [0.15, 0.2) is 18.2 Å². The van der Waals surface area contributed by atoms with Crippen LogP contribution >= 0.6 is 0 Å². The Morgan fingerprint density at radius 1 is 1.40 bits per heavy atom. The molecule has 0 bridgehead atoms. The predicted octanol–water partition coefficient (Wildman–Crippen LogP) is 0.890. The minimum Gasteiger partial charge on any atom is -0.478 e. The lowest BCUT2D eigenvalue weighted by Crippen LogP contribution is -2.43. The third-order valence-electron chi connectivity index (χ3n) is 2.44. The van der Waals surface area contributed by atoms with Gasteiger partial charge in [-0.3, -0.25) is 0 Å². The van der Waals surface area contributed by atoms with Gasteiger partial charge >= 0.3 is 0 Å². The summed E-state index contributed by atoms with van der Waals surface area (Å²) in [6.07, 6.45) is 0. The fourth-order valence-corrected chi connectivity index (χ4v) is 1.70. The molecule has 0 atom stereocenters. The zero-order valence-electron chi connectivity index (χ0n) is 9.07. The van der Waals surface area contributed by atoms with Crippen LogP contribution in [0.25, 0.3) is 0 Å². The van der Waals surface area contributed by atoms with Crippen molar-refractivity contribution in [2.24, 2.45) is 0 Å². The number of hydrogen-bond donors (Lipinski definition) is 1. The predicted molar refractivity (Wildman–Crippen MR) is 60.5 cm³/mol. The minimum absolute atomic E-state index is 0.665. The molecule has 1 saturated heterocycles. The minimum atomic E-state index is 0.665. The van der Waals surface area contributed by atoms with Crippen LogP contribution in [0.4, 0.5) is 5.82 Å². The molecule has 1 aliphatic rings. The van der Waals surface area contributed by atoms with E-state index in [0.29, 0.717) is 12.5 Å². The van der Waals surface area contributed by atoms with Gasteiger partial charge in [0.2, 0.25) is 5.88 Å². The lowest BCUT2D eigenvalue weighted by Gasteiger charge is -2.28. The molecule has 0 amide bonds. The monoisotopic (exact) mass is 207 g/mol. The zero-order valence-corrected chi connectivity index (χ0v) is 9.07. The summed E-state index contributed by atoms with van der Waals surface area (Å²) in [6, 6.07) is 5.93. The summed E-state index contributed by atoms with van der Waals surface area (Å²) >= 11 is 0. The number of rotatable bonds is 3. The number of nitrogens with one attached hydrogen (secondary N) is 1. The summed E-state index contributed by atoms with van der Waals surface area (Å²) < 4.78 is 5.38. The topological polar surface area (TPSA) is 37.4 Å². The molecule has 1 aromatic rings. The van der Waals surface area contributed by atoms with Gasteiger partial charge < -0.3 is 15.0 Å². The first-order valence-electron chi connectivity index (χ1n) is 5.45. The first-order valence-corrected chi connectivity index (χ1v) is 5.45. The van der Waals surface area contributed by atoms with Crippen LogP contribution < -0.4 is 15.0 Å². The fraction of sp³-hybridized carbons (Fsp3) is 0.545. The van der Waals surface area contributed by atoms with Crippen molar-refractivity contribution in [2.45, 2.75) is 6.92 Å². The second kappa shape index (κ2) is 4.98. The summed E-state index contributed by atoms with van der Waals surface area (Å²) in [5.74, 6) is 1.73. The van der Waals surface area contributed by atoms with E-state index in [1.165, 1.54) is 0 Å². The molecule has 82 valence electrons. The maximum absolute atomic E-state index is 5.38. The van der Waals surface area contributed by atoms with Crippen molar-refractivity contribution >= 4 is 5.82 Å². The molecule has 2 rings (SSSR count). The fourth-order valence-electron chi connectivity index (χ4n) is 1.70. The van der Waals surface area contributed by atoms with E-state index in [1.807, 2.05) is 25.1 Å². The molecule has 0 radical (unpaired) electrons. The molecule has 1 fully saturated rings. The maximum atomic E-state index is 5.38. The first-order chi connectivity index (χ1) is 7.40. The van der Waals surface area contributed by atoms with Crippen LogP contribution in [0.2, 0.25) is 0 Å². The van der Waals surface area contributed by atoms with Crippen LogP contribution in [-0.2, 0) is 0 Å². The second-order valence-electron chi connectivity index (χ2n) is 3.50. The molecular formula is C11H17N3O. The molecular weight excluding hydrogens is 190 g/mol. The summed E-state index contributed by atoms with van der Waals surface area (Å²) in [6.45, 7) is 6.73. The number of nitrogens with zero attached hydrogens (tertiary/aromatic N) is 2. The van der Waals surface area contributed by atoms with Gasteiger partial charge in [-0.05, 0) is 13.0 Å². The van der Waals surface area contributed by atoms with E-state index in [2.05, 4.69) is 15.2 Å². The van der Waals surface area contributed by atoms with Gasteiger partial charge in [0.15, 0.2) is 0 Å². The summed E-state index contributed by atoms with van der Waals surface area (Å²) in [7, 11) is 0. The highest BCUT2D eigenvalue weighted by atomic mass is 16.5. The Morgan fingerprint density at radius 3 is 2.93 bits per heavy atom. The van der Waals surface area contributed by atoms with Gasteiger partial charge in [-0.2, -0.15) is 4.98 Å². The SMILES string of the molecule is CCOc1cccc(N2CCNCC2)n1. The highest BCUT2D eigenvalue weighted by Gasteiger charge is 2.11. The van der Waals surface area contributed by atoms with Gasteiger partial charge in [-0.1, -0.05) is 6.07 Å². The lowest BCUT2D eigenvalue weighted by atomic mass is 10.3. The third kappa shape index (κ3) is 2.59. The summed E-state index contributed by atoms with van der Waals surface area (Å²) in [4.78, 5) is 6.74. The Bertz CT molecular complexity index is 310. The third-order valence-corrected chi connectivity index (χ3v) is 2.44. The van der Waals surface area contributed by atoms with Crippen molar-refractivity contribution < 1.29 is 4.74 Å². The van der Waals surface area contributed by atoms with Gasteiger partial charge in [0.05, 0.1) is 6.61 Å². The Hall–Kier alpha value is -1.29. The lowest BCUT2D eigenvalue weighted by molar-refractivity contribution is 0.327. The van der Waals surface area contributed by atoms with Crippen molar-refractivity contribution in [3.63, 3.8) is 0 Å². The Labute approximate surface area is 90.3 Å². The number of pyridine rings is 1. The van der Waals surface area contributed by atoms with E-state index in [0.717, 1.165) is 32.0 Å². The molecule has 0 saturated carbocycles. The van der Waals surface area contributed by atoms with Crippen molar-refractivity contribution in [1.29, 1.82) is 0 Å². The van der Waals surface area contributed by atoms with Crippen LogP contribution in [0, 0.1) is 0 Å². The second-order valence-corrected chi connectivity index (χ2v) is 3.50. The van der Waals surface area contributed by atoms with E-state index in [9.17, 15) is 0 Å². The molecule has 4 nitrogen and oxygen atoms in total. The molecule has 0 aliphatic carbocycles. The average Bonchev–Trinajstić information content (AvgIpc) is 2.31. The van der Waals surface area contributed by atoms with Crippen molar-refractivity contribution in [3.05, 3.63) is 18.2 Å². The smallest absolute Gasteiger partial charge is 0.215 e. The van der Waals surface area contributed by atoms with Crippen molar-refractivity contribution in [2.75, 3.05) is 37.7 Å². The largest absolute Gasteiger partial charge is 0.478 e. The van der Waals surface area contributed by atoms with E-state index in [-0.39, 0.29) is 0 Å². The molecule has 2 heterocycles. The molecule has 0 spiro atoms. The van der Waals surface area contributed by atoms with Crippen LogP contribution in [0.1, 0.15) is 6.92 Å². The number of aromatic nitrogens is 1. The van der Waals surface area contributed by atoms with E-state index >= 15 is 0 Å². The summed E-state index contributed by atoms with van der Waals surface area (Å²) in [5.41, 5.74) is 0. The number of ether oxygens (including phenoxy) is 1. The average molecular weight is 207 g/mol. The van der Waals surface area contributed by atoms with Crippen molar-refractivity contribution in [3.8, 4) is 5.88 Å². The summed E-state index contributed by atoms with van der Waals surface area (Å²) in [5, 5.41) is 3.32. The van der Waals surface area contributed by atoms with Crippen LogP contribution in [0.5, 0.6) is 5.88 Å². The molecule has 15 heavy (non-hydrogen) atoms. The Morgan fingerprint density at radius 2 is 2.20 bits per heavy atom. The van der Waals surface area contributed by atoms with Crippen LogP contribution in [-0.4, -0.2) is 37.8 Å². The van der Waals surface area contributed by atoms with Gasteiger partial charge in [0.1, 0.15) is 5.82 Å². The first kappa shape index (κ1) is 10.2. The van der Waals surface area contributed by atoms with Gasteiger partial charge in [0.25, 0.3) is 0 Å². The standard InChI is InChI=1S/C11H17N3O/c1-2-15-11-5-3-4-10(13-11)14-8-6-12-7-9-14/h3-5,12H,2,6-9H2,1H3. The number of anilines is 1. The van der Waals surface area contributed by atoms with E-state index in [1.54, 1.807) is 0 Å². The molecule has 4 heteroatoms. The zero-order chi connectivity index (χ0) is 10.5. The maximum Gasteiger partial charge on any atom is 0.215 e. The molecule has 0 unspecified atom stereocenters. The molecule has 1 aromatic heterocycles. The molecule has 1 aliphatic heterocycles. The quantitative estimate of drug-likeness (QED) is 0.798.